The van der Waals surface area contributed by atoms with E-state index in [1.165, 1.54) is 23.4 Å². The van der Waals surface area contributed by atoms with Gasteiger partial charge >= 0.3 is 0 Å². The van der Waals surface area contributed by atoms with Gasteiger partial charge in [-0.1, -0.05) is 24.3 Å². The molecule has 0 fully saturated rings. The summed E-state index contributed by atoms with van der Waals surface area (Å²) in [4.78, 5) is 15.3. The smallest absolute Gasteiger partial charge is 0.180 e. The third-order valence-electron chi connectivity index (χ3n) is 5.30. The number of aromatic nitrogens is 3. The van der Waals surface area contributed by atoms with Gasteiger partial charge in [0.2, 0.25) is 0 Å². The molecule has 0 bridgehead atoms. The second-order valence-corrected chi connectivity index (χ2v) is 7.73. The zero-order valence-electron chi connectivity index (χ0n) is 16.2. The van der Waals surface area contributed by atoms with Gasteiger partial charge in [0.25, 0.3) is 0 Å². The van der Waals surface area contributed by atoms with Crippen molar-refractivity contribution in [2.75, 3.05) is 18.4 Å². The van der Waals surface area contributed by atoms with Crippen LogP contribution in [0.5, 0.6) is 0 Å². The lowest BCUT2D eigenvalue weighted by molar-refractivity contribution is 0.115. The molecule has 3 heterocycles. The molecule has 0 aliphatic carbocycles. The van der Waals surface area contributed by atoms with Crippen molar-refractivity contribution in [3.63, 3.8) is 0 Å². The molecule has 0 atom stereocenters. The fourth-order valence-corrected chi connectivity index (χ4v) is 3.52. The Kier molecular flexibility index (Phi) is 5.05. The highest BCUT2D eigenvalue weighted by Crippen LogP contribution is 2.25. The van der Waals surface area contributed by atoms with Gasteiger partial charge < -0.3 is 5.32 Å². The van der Waals surface area contributed by atoms with E-state index in [-0.39, 0.29) is 11.4 Å². The highest BCUT2D eigenvalue weighted by molar-refractivity contribution is 5.51. The van der Waals surface area contributed by atoms with Crippen molar-refractivity contribution < 1.29 is 4.39 Å². The third-order valence-corrected chi connectivity index (χ3v) is 5.30. The Morgan fingerprint density at radius 3 is 2.68 bits per heavy atom. The minimum absolute atomic E-state index is 0.0350. The Morgan fingerprint density at radius 1 is 1.07 bits per heavy atom. The van der Waals surface area contributed by atoms with E-state index in [9.17, 15) is 4.39 Å². The second kappa shape index (κ2) is 7.64. The molecule has 6 heteroatoms. The van der Waals surface area contributed by atoms with Gasteiger partial charge in [0, 0.05) is 31.4 Å². The van der Waals surface area contributed by atoms with Gasteiger partial charge in [-0.05, 0) is 49.6 Å². The minimum Gasteiger partial charge on any atom is -0.368 e. The summed E-state index contributed by atoms with van der Waals surface area (Å²) in [5, 5.41) is 3.43. The maximum Gasteiger partial charge on any atom is 0.180 e. The molecule has 1 aromatic carbocycles. The van der Waals surface area contributed by atoms with E-state index >= 15 is 0 Å². The molecule has 2 aromatic heterocycles. The number of anilines is 1. The van der Waals surface area contributed by atoms with Crippen LogP contribution in [-0.4, -0.2) is 38.5 Å². The molecule has 0 radical (unpaired) electrons. The minimum atomic E-state index is -0.372. The van der Waals surface area contributed by atoms with Gasteiger partial charge in [-0.15, -0.1) is 0 Å². The van der Waals surface area contributed by atoms with Gasteiger partial charge in [0.1, 0.15) is 17.3 Å². The fraction of sp³-hybridized carbons (Fsp3) is 0.318. The summed E-state index contributed by atoms with van der Waals surface area (Å²) < 4.78 is 13.1. The summed E-state index contributed by atoms with van der Waals surface area (Å²) in [6.45, 7) is 7.25. The Balaban J connectivity index is 1.44. The van der Waals surface area contributed by atoms with E-state index in [1.807, 2.05) is 6.07 Å². The summed E-state index contributed by atoms with van der Waals surface area (Å²) in [6.07, 6.45) is 3.95. The first-order valence-corrected chi connectivity index (χ1v) is 9.52. The largest absolute Gasteiger partial charge is 0.368 e. The van der Waals surface area contributed by atoms with E-state index in [0.717, 1.165) is 31.9 Å². The second-order valence-electron chi connectivity index (χ2n) is 7.73. The number of nitrogens with zero attached hydrogens (tertiary/aromatic N) is 4. The molecule has 3 aromatic rings. The topological polar surface area (TPSA) is 53.9 Å². The van der Waals surface area contributed by atoms with E-state index in [4.69, 9.17) is 0 Å². The van der Waals surface area contributed by atoms with Crippen molar-refractivity contribution in [3.05, 3.63) is 71.8 Å². The molecule has 0 saturated carbocycles. The maximum absolute atomic E-state index is 13.1. The number of fused-ring (bicyclic) bond motifs is 1. The van der Waals surface area contributed by atoms with E-state index in [2.05, 4.69) is 63.3 Å². The van der Waals surface area contributed by atoms with Crippen molar-refractivity contribution in [2.45, 2.75) is 32.4 Å². The number of pyridine rings is 1. The Hall–Kier alpha value is -2.86. The lowest BCUT2D eigenvalue weighted by Crippen LogP contribution is -2.50. The highest BCUT2D eigenvalue weighted by atomic mass is 19.1. The van der Waals surface area contributed by atoms with E-state index < -0.39 is 0 Å². The van der Waals surface area contributed by atoms with Gasteiger partial charge in [0.15, 0.2) is 5.82 Å². The molecule has 4 rings (SSSR count). The molecule has 0 saturated heterocycles. The predicted molar refractivity (Wildman–Crippen MR) is 108 cm³/mol. The summed E-state index contributed by atoms with van der Waals surface area (Å²) in [5.74, 6) is 0.846. The highest BCUT2D eigenvalue weighted by Gasteiger charge is 2.29. The van der Waals surface area contributed by atoms with Crippen LogP contribution in [0.15, 0.2) is 54.9 Å². The average Bonchev–Trinajstić information content (AvgIpc) is 2.73. The summed E-state index contributed by atoms with van der Waals surface area (Å²) >= 11 is 0. The molecule has 0 unspecified atom stereocenters. The normalized spacial score (nSPS) is 14.5. The van der Waals surface area contributed by atoms with Crippen molar-refractivity contribution in [1.29, 1.82) is 0 Å². The Labute approximate surface area is 164 Å². The monoisotopic (exact) mass is 377 g/mol. The molecule has 1 aliphatic heterocycles. The quantitative estimate of drug-likeness (QED) is 0.730. The van der Waals surface area contributed by atoms with Crippen LogP contribution in [-0.2, 0) is 13.0 Å². The first kappa shape index (κ1) is 18.5. The number of nitrogens with one attached hydrogen (secondary N) is 1. The van der Waals surface area contributed by atoms with Crippen LogP contribution >= 0.6 is 0 Å². The number of hydrogen-bond donors (Lipinski definition) is 1. The average molecular weight is 377 g/mol. The van der Waals surface area contributed by atoms with Crippen molar-refractivity contribution in [2.24, 2.45) is 0 Å². The zero-order valence-corrected chi connectivity index (χ0v) is 16.2. The van der Waals surface area contributed by atoms with E-state index in [1.54, 1.807) is 12.3 Å². The molecular weight excluding hydrogens is 353 g/mol. The van der Waals surface area contributed by atoms with Gasteiger partial charge in [-0.3, -0.25) is 4.90 Å². The summed E-state index contributed by atoms with van der Waals surface area (Å²) in [5.41, 5.74) is 3.38. The van der Waals surface area contributed by atoms with Gasteiger partial charge in [0.05, 0.1) is 6.20 Å². The van der Waals surface area contributed by atoms with Crippen LogP contribution in [0.3, 0.4) is 0 Å². The SMILES string of the molecule is CC(C)(CNc1ccnc(-c2ccc(F)cn2)n1)N1CCc2ccccc2C1. The van der Waals surface area contributed by atoms with Gasteiger partial charge in [-0.25, -0.2) is 19.3 Å². The van der Waals surface area contributed by atoms with Crippen LogP contribution in [0.2, 0.25) is 0 Å². The Morgan fingerprint density at radius 2 is 1.89 bits per heavy atom. The molecule has 1 N–H and O–H groups in total. The van der Waals surface area contributed by atoms with Crippen LogP contribution in [0.4, 0.5) is 10.2 Å². The summed E-state index contributed by atoms with van der Waals surface area (Å²) in [6, 6.07) is 13.5. The standard InChI is InChI=1S/C22H24FN5/c1-22(2,28-12-10-16-5-3-4-6-17(16)14-28)15-26-20-9-11-24-21(27-20)19-8-7-18(23)13-25-19/h3-9,11,13H,10,12,14-15H2,1-2H3,(H,24,26,27). The first-order valence-electron chi connectivity index (χ1n) is 9.52. The molecular formula is C22H24FN5. The molecule has 1 aliphatic rings. The van der Waals surface area contributed by atoms with E-state index in [0.29, 0.717) is 11.5 Å². The fourth-order valence-electron chi connectivity index (χ4n) is 3.52. The van der Waals surface area contributed by atoms with Crippen LogP contribution in [0.25, 0.3) is 11.5 Å². The third kappa shape index (κ3) is 4.02. The van der Waals surface area contributed by atoms with Crippen molar-refractivity contribution in [3.8, 4) is 11.5 Å². The lowest BCUT2D eigenvalue weighted by atomic mass is 9.94. The van der Waals surface area contributed by atoms with Crippen LogP contribution in [0, 0.1) is 5.82 Å². The molecule has 0 amide bonds. The molecule has 144 valence electrons. The summed E-state index contributed by atoms with van der Waals surface area (Å²) in [7, 11) is 0. The molecule has 28 heavy (non-hydrogen) atoms. The number of halogens is 1. The molecule has 5 nitrogen and oxygen atoms in total. The number of benzene rings is 1. The van der Waals surface area contributed by atoms with Crippen molar-refractivity contribution in [1.82, 2.24) is 19.9 Å². The number of rotatable bonds is 5. The maximum atomic E-state index is 13.1. The Bertz CT molecular complexity index is 955. The lowest BCUT2D eigenvalue weighted by Gasteiger charge is -2.41. The number of hydrogen-bond acceptors (Lipinski definition) is 5. The predicted octanol–water partition coefficient (Wildman–Crippen LogP) is 3.93. The van der Waals surface area contributed by atoms with Crippen molar-refractivity contribution >= 4 is 5.82 Å². The zero-order chi connectivity index (χ0) is 19.6. The first-order chi connectivity index (χ1) is 13.5. The van der Waals surface area contributed by atoms with Crippen LogP contribution in [0.1, 0.15) is 25.0 Å². The molecule has 0 spiro atoms. The van der Waals surface area contributed by atoms with Gasteiger partial charge in [-0.2, -0.15) is 0 Å². The van der Waals surface area contributed by atoms with Crippen LogP contribution < -0.4 is 5.32 Å².